The van der Waals surface area contributed by atoms with Crippen molar-refractivity contribution in [3.05, 3.63) is 77.2 Å². The molecule has 0 N–H and O–H groups in total. The maximum Gasteiger partial charge on any atom is 0.262 e. The molecule has 2 aromatic heterocycles. The summed E-state index contributed by atoms with van der Waals surface area (Å²) in [6.45, 7) is 8.61. The molecule has 6 rings (SSSR count). The van der Waals surface area contributed by atoms with Crippen molar-refractivity contribution >= 4 is 22.8 Å². The minimum absolute atomic E-state index is 0.103. The molecule has 37 heavy (non-hydrogen) atoms. The number of imide groups is 1. The fraction of sp³-hybridized carbons (Fsp3) is 0.345. The fourth-order valence-electron chi connectivity index (χ4n) is 5.21. The van der Waals surface area contributed by atoms with E-state index in [-0.39, 0.29) is 18.0 Å². The largest absolute Gasteiger partial charge is 0.356 e. The second-order valence-corrected chi connectivity index (χ2v) is 9.14. The molecule has 0 saturated carbocycles. The molecule has 2 aliphatic heterocycles. The van der Waals surface area contributed by atoms with E-state index in [1.54, 1.807) is 36.8 Å². The monoisotopic (exact) mass is 497 g/mol. The third kappa shape index (κ3) is 4.21. The number of carbonyl (C=O) groups excluding carboxylic acids is 2. The van der Waals surface area contributed by atoms with Gasteiger partial charge in [-0.3, -0.25) is 14.5 Å². The van der Waals surface area contributed by atoms with Gasteiger partial charge in [-0.2, -0.15) is 5.10 Å². The van der Waals surface area contributed by atoms with Crippen LogP contribution < -0.4 is 0 Å². The summed E-state index contributed by atoms with van der Waals surface area (Å²) in [4.78, 5) is 36.3. The van der Waals surface area contributed by atoms with E-state index in [9.17, 15) is 9.59 Å². The maximum absolute atomic E-state index is 13.0. The van der Waals surface area contributed by atoms with Gasteiger partial charge in [0.1, 0.15) is 6.33 Å². The summed E-state index contributed by atoms with van der Waals surface area (Å²) < 4.78 is 7.76. The molecule has 2 aromatic carbocycles. The summed E-state index contributed by atoms with van der Waals surface area (Å²) in [6, 6.07) is 12.6. The van der Waals surface area contributed by atoms with Crippen LogP contribution in [0, 0.1) is 6.92 Å². The molecule has 1 fully saturated rings. The molecular weight excluding hydrogens is 466 g/mol. The summed E-state index contributed by atoms with van der Waals surface area (Å²) in [7, 11) is 0. The van der Waals surface area contributed by atoms with Crippen LogP contribution in [0.4, 0.5) is 0 Å². The summed E-state index contributed by atoms with van der Waals surface area (Å²) in [5.74, 6) is -0.507. The Morgan fingerprint density at radius 3 is 2.38 bits per heavy atom. The van der Waals surface area contributed by atoms with E-state index < -0.39 is 6.04 Å². The first-order valence-corrected chi connectivity index (χ1v) is 12.9. The predicted molar refractivity (Wildman–Crippen MR) is 141 cm³/mol. The lowest BCUT2D eigenvalue weighted by Gasteiger charge is -2.24. The van der Waals surface area contributed by atoms with Crippen LogP contribution in [0.3, 0.4) is 0 Å². The molecule has 2 unspecified atom stereocenters. The molecular formula is C29H31N5O3. The fourth-order valence-corrected chi connectivity index (χ4v) is 5.21. The van der Waals surface area contributed by atoms with Gasteiger partial charge in [0, 0.05) is 12.2 Å². The zero-order chi connectivity index (χ0) is 26.1. The number of hydrogen-bond acceptors (Lipinski definition) is 6. The molecule has 2 amide bonds. The van der Waals surface area contributed by atoms with Gasteiger partial charge in [-0.25, -0.2) is 14.6 Å². The normalized spacial score (nSPS) is 17.9. The first kappa shape index (κ1) is 24.8. The summed E-state index contributed by atoms with van der Waals surface area (Å²) >= 11 is 0. The van der Waals surface area contributed by atoms with Gasteiger partial charge in [-0.05, 0) is 62.4 Å². The number of ether oxygens (including phenoxy) is 1. The Balaban J connectivity index is 0.00000137. The van der Waals surface area contributed by atoms with Crippen molar-refractivity contribution in [2.75, 3.05) is 6.61 Å². The van der Waals surface area contributed by atoms with Gasteiger partial charge >= 0.3 is 0 Å². The number of hydrogen-bond donors (Lipinski definition) is 0. The van der Waals surface area contributed by atoms with E-state index in [4.69, 9.17) is 4.74 Å². The average Bonchev–Trinajstić information content (AvgIpc) is 3.49. The van der Waals surface area contributed by atoms with E-state index in [1.807, 2.05) is 50.6 Å². The van der Waals surface area contributed by atoms with Crippen LogP contribution in [0.1, 0.15) is 84.1 Å². The molecule has 0 aliphatic carbocycles. The maximum atomic E-state index is 13.0. The van der Waals surface area contributed by atoms with Crippen LogP contribution in [0.15, 0.2) is 55.0 Å². The SMILES string of the molecule is CC.Cc1cc(-c2ncnc3c2cnn3C2CCCCO2)ccc1C(C)N1C(=O)c2ccccc2C1=O. The molecule has 8 nitrogen and oxygen atoms in total. The average molecular weight is 498 g/mol. The van der Waals surface area contributed by atoms with Gasteiger partial charge < -0.3 is 4.74 Å². The highest BCUT2D eigenvalue weighted by molar-refractivity contribution is 6.21. The summed E-state index contributed by atoms with van der Waals surface area (Å²) in [5.41, 5.74) is 5.28. The quantitative estimate of drug-likeness (QED) is 0.327. The summed E-state index contributed by atoms with van der Waals surface area (Å²) in [6.07, 6.45) is 6.35. The van der Waals surface area contributed by atoms with Gasteiger partial charge in [-0.1, -0.05) is 38.1 Å². The molecule has 2 atom stereocenters. The molecule has 2 aliphatic rings. The van der Waals surface area contributed by atoms with Crippen LogP contribution >= 0.6 is 0 Å². The van der Waals surface area contributed by atoms with Gasteiger partial charge in [0.25, 0.3) is 11.8 Å². The van der Waals surface area contributed by atoms with Crippen molar-refractivity contribution in [3.63, 3.8) is 0 Å². The van der Waals surface area contributed by atoms with E-state index >= 15 is 0 Å². The number of nitrogens with zero attached hydrogens (tertiary/aromatic N) is 5. The van der Waals surface area contributed by atoms with Crippen LogP contribution in [-0.2, 0) is 4.74 Å². The zero-order valence-corrected chi connectivity index (χ0v) is 21.6. The lowest BCUT2D eigenvalue weighted by Crippen LogP contribution is -2.32. The van der Waals surface area contributed by atoms with Crippen molar-refractivity contribution in [1.82, 2.24) is 24.6 Å². The smallest absolute Gasteiger partial charge is 0.262 e. The topological polar surface area (TPSA) is 90.2 Å². The Labute approximate surface area is 216 Å². The number of rotatable bonds is 4. The minimum atomic E-state index is -0.395. The molecule has 0 radical (unpaired) electrons. The Bertz CT molecular complexity index is 1440. The Morgan fingerprint density at radius 2 is 1.73 bits per heavy atom. The summed E-state index contributed by atoms with van der Waals surface area (Å²) in [5, 5.41) is 5.43. The molecule has 190 valence electrons. The predicted octanol–water partition coefficient (Wildman–Crippen LogP) is 5.88. The first-order valence-electron chi connectivity index (χ1n) is 12.9. The number of aromatic nitrogens is 4. The number of amides is 2. The number of benzene rings is 2. The number of carbonyl (C=O) groups is 2. The van der Waals surface area contributed by atoms with E-state index in [1.165, 1.54) is 4.90 Å². The van der Waals surface area contributed by atoms with Gasteiger partial charge in [-0.15, -0.1) is 0 Å². The lowest BCUT2D eigenvalue weighted by molar-refractivity contribution is -0.0370. The van der Waals surface area contributed by atoms with Crippen molar-refractivity contribution in [1.29, 1.82) is 0 Å². The van der Waals surface area contributed by atoms with Crippen LogP contribution in [0.2, 0.25) is 0 Å². The van der Waals surface area contributed by atoms with Gasteiger partial charge in [0.2, 0.25) is 0 Å². The van der Waals surface area contributed by atoms with Gasteiger partial charge in [0.15, 0.2) is 11.9 Å². The highest BCUT2D eigenvalue weighted by atomic mass is 16.5. The highest BCUT2D eigenvalue weighted by Crippen LogP contribution is 2.35. The van der Waals surface area contributed by atoms with Crippen molar-refractivity contribution in [2.45, 2.75) is 59.2 Å². The molecule has 4 heterocycles. The molecule has 0 spiro atoms. The first-order chi connectivity index (χ1) is 18.0. The third-order valence-electron chi connectivity index (χ3n) is 7.03. The Hall–Kier alpha value is -3.91. The molecule has 4 aromatic rings. The minimum Gasteiger partial charge on any atom is -0.356 e. The van der Waals surface area contributed by atoms with E-state index in [0.717, 1.165) is 59.3 Å². The van der Waals surface area contributed by atoms with Crippen LogP contribution in [0.25, 0.3) is 22.3 Å². The number of aryl methyl sites for hydroxylation is 1. The van der Waals surface area contributed by atoms with Crippen LogP contribution in [0.5, 0.6) is 0 Å². The molecule has 8 heteroatoms. The van der Waals surface area contributed by atoms with Gasteiger partial charge in [0.05, 0.1) is 34.4 Å². The Kier molecular flexibility index (Phi) is 6.84. The second-order valence-electron chi connectivity index (χ2n) is 9.14. The van der Waals surface area contributed by atoms with E-state index in [2.05, 4.69) is 15.1 Å². The van der Waals surface area contributed by atoms with Crippen molar-refractivity contribution in [3.8, 4) is 11.3 Å². The highest BCUT2D eigenvalue weighted by Gasteiger charge is 2.39. The molecule has 0 bridgehead atoms. The standard InChI is InChI=1S/C27H25N5O3.C2H6/c1-16-13-18(24-22-14-30-32(25(22)29-15-28-24)23-9-5-6-12-35-23)10-11-19(16)17(2)31-26(33)20-7-3-4-8-21(20)27(31)34;1-2/h3-4,7-8,10-11,13-15,17,23H,5-6,9,12H2,1-2H3;1-2H3. The van der Waals surface area contributed by atoms with Crippen LogP contribution in [-0.4, -0.2) is 43.1 Å². The molecule has 1 saturated heterocycles. The zero-order valence-electron chi connectivity index (χ0n) is 21.6. The third-order valence-corrected chi connectivity index (χ3v) is 7.03. The van der Waals surface area contributed by atoms with Crippen molar-refractivity contribution < 1.29 is 14.3 Å². The second kappa shape index (κ2) is 10.2. The number of fused-ring (bicyclic) bond motifs is 2. The Morgan fingerprint density at radius 1 is 1.00 bits per heavy atom. The van der Waals surface area contributed by atoms with E-state index in [0.29, 0.717) is 11.1 Å². The van der Waals surface area contributed by atoms with Crippen molar-refractivity contribution in [2.24, 2.45) is 0 Å². The lowest BCUT2D eigenvalue weighted by atomic mass is 9.97.